The second-order valence-electron chi connectivity index (χ2n) is 5.77. The Kier molecular flexibility index (Phi) is 4.81. The number of alkyl halides is 3. The van der Waals surface area contributed by atoms with Crippen LogP contribution >= 0.6 is 0 Å². The zero-order chi connectivity index (χ0) is 18.1. The van der Waals surface area contributed by atoms with Gasteiger partial charge in [-0.05, 0) is 18.9 Å². The highest BCUT2D eigenvalue weighted by atomic mass is 19.4. The molecule has 0 aliphatic carbocycles. The number of carbonyl (C=O) groups is 1. The van der Waals surface area contributed by atoms with Gasteiger partial charge in [0.05, 0.1) is 4.92 Å². The highest BCUT2D eigenvalue weighted by Gasteiger charge is 2.54. The third-order valence-electron chi connectivity index (χ3n) is 4.17. The largest absolute Gasteiger partial charge is 0.417 e. The van der Waals surface area contributed by atoms with E-state index >= 15 is 0 Å². The number of nitro groups is 1. The van der Waals surface area contributed by atoms with Gasteiger partial charge in [-0.25, -0.2) is 0 Å². The highest BCUT2D eigenvalue weighted by molar-refractivity contribution is 5.93. The number of benzene rings is 1. The van der Waals surface area contributed by atoms with E-state index in [4.69, 9.17) is 5.73 Å². The number of nitrogens with two attached hydrogens (primary N) is 1. The van der Waals surface area contributed by atoms with Crippen LogP contribution < -0.4 is 5.73 Å². The Morgan fingerprint density at radius 1 is 1.38 bits per heavy atom. The van der Waals surface area contributed by atoms with E-state index in [0.717, 1.165) is 6.07 Å². The second kappa shape index (κ2) is 6.36. The van der Waals surface area contributed by atoms with Crippen molar-refractivity contribution in [2.24, 2.45) is 5.73 Å². The van der Waals surface area contributed by atoms with Gasteiger partial charge in [0.2, 0.25) is 5.91 Å². The van der Waals surface area contributed by atoms with Crippen molar-refractivity contribution in [2.75, 3.05) is 13.1 Å². The monoisotopic (exact) mass is 347 g/mol. The Labute approximate surface area is 135 Å². The number of halogens is 3. The molecule has 1 saturated heterocycles. The smallest absolute Gasteiger partial charge is 0.380 e. The van der Waals surface area contributed by atoms with Gasteiger partial charge in [-0.1, -0.05) is 6.07 Å². The van der Waals surface area contributed by atoms with Crippen LogP contribution in [0.4, 0.5) is 18.9 Å². The summed E-state index contributed by atoms with van der Waals surface area (Å²) in [7, 11) is 0. The molecule has 0 aromatic heterocycles. The summed E-state index contributed by atoms with van der Waals surface area (Å²) in [6, 6.07) is 3.75. The summed E-state index contributed by atoms with van der Waals surface area (Å²) in [6.07, 6.45) is -5.69. The molecule has 1 amide bonds. The van der Waals surface area contributed by atoms with E-state index in [2.05, 4.69) is 0 Å². The average molecular weight is 347 g/mol. The number of nitrogens with zero attached hydrogens (tertiary/aromatic N) is 2. The van der Waals surface area contributed by atoms with Gasteiger partial charge < -0.3 is 10.8 Å². The van der Waals surface area contributed by atoms with Gasteiger partial charge in [0.25, 0.3) is 5.69 Å². The van der Waals surface area contributed by atoms with Gasteiger partial charge in [0.1, 0.15) is 0 Å². The van der Waals surface area contributed by atoms with Crippen LogP contribution in [0.3, 0.4) is 0 Å². The molecule has 1 aromatic rings. The fraction of sp³-hybridized carbons (Fsp3) is 0.500. The van der Waals surface area contributed by atoms with Crippen LogP contribution in [-0.2, 0) is 6.54 Å². The van der Waals surface area contributed by atoms with Gasteiger partial charge in [-0.15, -0.1) is 0 Å². The Morgan fingerprint density at radius 2 is 1.96 bits per heavy atom. The maximum Gasteiger partial charge on any atom is 0.417 e. The van der Waals surface area contributed by atoms with Crippen molar-refractivity contribution in [1.29, 1.82) is 0 Å². The molecule has 0 unspecified atom stereocenters. The van der Waals surface area contributed by atoms with Crippen LogP contribution in [0.1, 0.15) is 28.8 Å². The molecule has 0 radical (unpaired) electrons. The van der Waals surface area contributed by atoms with Crippen LogP contribution in [0.15, 0.2) is 18.2 Å². The maximum absolute atomic E-state index is 12.8. The zero-order valence-electron chi connectivity index (χ0n) is 12.5. The minimum atomic E-state index is -4.70. The first-order valence-corrected chi connectivity index (χ1v) is 7.12. The summed E-state index contributed by atoms with van der Waals surface area (Å²) >= 11 is 0. The number of nitro benzene ring substituents is 1. The minimum absolute atomic E-state index is 0.0180. The lowest BCUT2D eigenvalue weighted by molar-refractivity contribution is -0.385. The molecule has 3 N–H and O–H groups in total. The van der Waals surface area contributed by atoms with E-state index in [1.165, 1.54) is 12.1 Å². The van der Waals surface area contributed by atoms with E-state index < -0.39 is 35.4 Å². The van der Waals surface area contributed by atoms with Crippen molar-refractivity contribution in [3.05, 3.63) is 39.4 Å². The molecule has 1 aliphatic heterocycles. The minimum Gasteiger partial charge on any atom is -0.380 e. The van der Waals surface area contributed by atoms with Crippen molar-refractivity contribution in [3.63, 3.8) is 0 Å². The zero-order valence-corrected chi connectivity index (χ0v) is 12.5. The van der Waals surface area contributed by atoms with E-state index in [-0.39, 0.29) is 36.4 Å². The molecule has 1 fully saturated rings. The topological polar surface area (TPSA) is 110 Å². The van der Waals surface area contributed by atoms with Crippen molar-refractivity contribution < 1.29 is 28.0 Å². The molecule has 1 aromatic carbocycles. The van der Waals surface area contributed by atoms with Gasteiger partial charge in [-0.3, -0.25) is 19.8 Å². The lowest BCUT2D eigenvalue weighted by Gasteiger charge is -2.39. The lowest BCUT2D eigenvalue weighted by atomic mass is 9.90. The quantitative estimate of drug-likeness (QED) is 0.635. The predicted octanol–water partition coefficient (Wildman–Crippen LogP) is 1.58. The highest BCUT2D eigenvalue weighted by Crippen LogP contribution is 2.38. The second-order valence-corrected chi connectivity index (χ2v) is 5.77. The number of primary amides is 1. The Hall–Kier alpha value is -2.20. The first kappa shape index (κ1) is 18.1. The molecule has 10 heteroatoms. The van der Waals surface area contributed by atoms with Crippen LogP contribution in [0.2, 0.25) is 0 Å². The molecule has 24 heavy (non-hydrogen) atoms. The molecule has 0 spiro atoms. The number of carbonyl (C=O) groups excluding carboxylic acids is 1. The molecule has 7 nitrogen and oxygen atoms in total. The van der Waals surface area contributed by atoms with E-state index in [9.17, 15) is 33.2 Å². The number of likely N-dealkylation sites (tertiary alicyclic amines) is 1. The van der Waals surface area contributed by atoms with E-state index in [1.54, 1.807) is 4.90 Å². The number of aliphatic hydroxyl groups is 1. The fourth-order valence-corrected chi connectivity index (χ4v) is 2.63. The SMILES string of the molecule is NC(=O)c1ccc(CN2CCC(O)(C(F)(F)F)CC2)c([N+](=O)[O-])c1. The summed E-state index contributed by atoms with van der Waals surface area (Å²) in [5, 5.41) is 20.7. The molecule has 2 rings (SSSR count). The van der Waals surface area contributed by atoms with E-state index in [0.29, 0.717) is 0 Å². The van der Waals surface area contributed by atoms with Gasteiger partial charge >= 0.3 is 6.18 Å². The summed E-state index contributed by atoms with van der Waals surface area (Å²) in [4.78, 5) is 23.1. The lowest BCUT2D eigenvalue weighted by Crippen LogP contribution is -2.53. The van der Waals surface area contributed by atoms with Crippen molar-refractivity contribution >= 4 is 11.6 Å². The van der Waals surface area contributed by atoms with Gasteiger partial charge in [0.15, 0.2) is 5.60 Å². The number of amides is 1. The normalized spacial score (nSPS) is 18.3. The molecular weight excluding hydrogens is 331 g/mol. The molecule has 1 heterocycles. The third kappa shape index (κ3) is 3.65. The first-order chi connectivity index (χ1) is 11.0. The standard InChI is InChI=1S/C14H16F3N3O4/c15-14(16,17)13(22)3-5-19(6-4-13)8-10-2-1-9(12(18)21)7-11(10)20(23)24/h1-2,7,22H,3-6,8H2,(H2,18,21). The number of hydrogen-bond acceptors (Lipinski definition) is 5. The summed E-state index contributed by atoms with van der Waals surface area (Å²) in [6.45, 7) is -0.0568. The van der Waals surface area contributed by atoms with Gasteiger partial charge in [-0.2, -0.15) is 13.2 Å². The molecule has 132 valence electrons. The molecular formula is C14H16F3N3O4. The maximum atomic E-state index is 12.8. The molecule has 0 saturated carbocycles. The number of hydrogen-bond donors (Lipinski definition) is 2. The van der Waals surface area contributed by atoms with Crippen molar-refractivity contribution in [1.82, 2.24) is 4.90 Å². The summed E-state index contributed by atoms with van der Waals surface area (Å²) in [5.41, 5.74) is 2.30. The Bertz CT molecular complexity index is 655. The van der Waals surface area contributed by atoms with Crippen molar-refractivity contribution in [2.45, 2.75) is 31.2 Å². The molecule has 0 bridgehead atoms. The van der Waals surface area contributed by atoms with Crippen LogP contribution in [-0.4, -0.2) is 45.7 Å². The fourth-order valence-electron chi connectivity index (χ4n) is 2.63. The van der Waals surface area contributed by atoms with Crippen LogP contribution in [0, 0.1) is 10.1 Å². The van der Waals surface area contributed by atoms with Crippen molar-refractivity contribution in [3.8, 4) is 0 Å². The van der Waals surface area contributed by atoms with Crippen LogP contribution in [0.25, 0.3) is 0 Å². The van der Waals surface area contributed by atoms with Gasteiger partial charge in [0, 0.05) is 36.8 Å². The average Bonchev–Trinajstić information content (AvgIpc) is 2.48. The summed E-state index contributed by atoms with van der Waals surface area (Å²) < 4.78 is 38.3. The summed E-state index contributed by atoms with van der Waals surface area (Å²) in [5.74, 6) is -0.808. The third-order valence-corrected chi connectivity index (χ3v) is 4.17. The number of piperidine rings is 1. The molecule has 0 atom stereocenters. The molecule has 1 aliphatic rings. The predicted molar refractivity (Wildman–Crippen MR) is 77.1 cm³/mol. The Morgan fingerprint density at radius 3 is 2.42 bits per heavy atom. The number of rotatable bonds is 4. The van der Waals surface area contributed by atoms with E-state index in [1.807, 2.05) is 0 Å². The first-order valence-electron chi connectivity index (χ1n) is 7.12. The Balaban J connectivity index is 2.13. The van der Waals surface area contributed by atoms with Crippen LogP contribution in [0.5, 0.6) is 0 Å².